The van der Waals surface area contributed by atoms with Crippen molar-refractivity contribution >= 4 is 40.0 Å². The standard InChI is InChI=1S/C45H61N7O8/c1-44(2,28-60-29-45(3,4)27-51-17-19-52(20-18-51)32-11-9-31(10-12-32)47-36-13-14-39(53)48-42(36)55)26-46-40(54)25-59-24-35-37(57-7)21-30(22-38(35)58-8)34-23-50(6)43(56)41-33(34)15-16-49(41)5/h9-12,15-16,21-23,36,47H,13-14,17-20,24-29H2,1-8H3,(H,46,54)(H,48,53,55). The van der Waals surface area contributed by atoms with Crippen molar-refractivity contribution in [2.24, 2.45) is 24.9 Å². The van der Waals surface area contributed by atoms with Crippen LogP contribution in [0.25, 0.3) is 22.0 Å². The van der Waals surface area contributed by atoms with E-state index in [4.69, 9.17) is 18.9 Å². The third-order valence-electron chi connectivity index (χ3n) is 11.2. The highest BCUT2D eigenvalue weighted by Crippen LogP contribution is 2.38. The molecular weight excluding hydrogens is 767 g/mol. The molecule has 2 aromatic carbocycles. The second kappa shape index (κ2) is 18.9. The molecule has 15 heteroatoms. The molecule has 324 valence electrons. The average Bonchev–Trinajstić information content (AvgIpc) is 3.61. The van der Waals surface area contributed by atoms with Crippen molar-refractivity contribution in [3.05, 3.63) is 70.8 Å². The summed E-state index contributed by atoms with van der Waals surface area (Å²) in [5, 5.41) is 9.47. The van der Waals surface area contributed by atoms with Gasteiger partial charge in [0.25, 0.3) is 5.56 Å². The largest absolute Gasteiger partial charge is 0.496 e. The third kappa shape index (κ3) is 10.9. The van der Waals surface area contributed by atoms with Gasteiger partial charge in [0.1, 0.15) is 29.7 Å². The number of methoxy groups -OCH3 is 2. The normalized spacial score (nSPS) is 16.5. The fourth-order valence-electron chi connectivity index (χ4n) is 7.92. The maximum atomic E-state index is 12.9. The van der Waals surface area contributed by atoms with Crippen LogP contribution < -0.4 is 35.9 Å². The zero-order chi connectivity index (χ0) is 43.2. The first-order chi connectivity index (χ1) is 28.6. The molecular formula is C45H61N7O8. The van der Waals surface area contributed by atoms with E-state index in [2.05, 4.69) is 65.6 Å². The Balaban J connectivity index is 0.908. The molecule has 4 heterocycles. The minimum atomic E-state index is -0.398. The molecule has 1 atom stereocenters. The van der Waals surface area contributed by atoms with Gasteiger partial charge in [-0.1, -0.05) is 27.7 Å². The van der Waals surface area contributed by atoms with Crippen LogP contribution in [0.15, 0.2) is 59.7 Å². The maximum absolute atomic E-state index is 12.9. The minimum absolute atomic E-state index is 0.0633. The van der Waals surface area contributed by atoms with E-state index in [0.29, 0.717) is 55.2 Å². The molecule has 3 amide bonds. The summed E-state index contributed by atoms with van der Waals surface area (Å²) in [5.74, 6) is 0.385. The SMILES string of the molecule is COc1cc(-c2cn(C)c(=O)c3c2ccn3C)cc(OC)c1COCC(=O)NCC(C)(C)COCC(C)(C)CN1CCN(c2ccc(NC3CCC(=O)NC3=O)cc2)CC1. The molecule has 0 radical (unpaired) electrons. The first kappa shape index (κ1) is 44.2. The number of anilines is 2. The maximum Gasteiger partial charge on any atom is 0.274 e. The molecule has 2 saturated heterocycles. The summed E-state index contributed by atoms with van der Waals surface area (Å²) < 4.78 is 27.0. The number of nitrogens with one attached hydrogen (secondary N) is 3. The van der Waals surface area contributed by atoms with Crippen LogP contribution in [0.3, 0.4) is 0 Å². The summed E-state index contributed by atoms with van der Waals surface area (Å²) in [6.07, 6.45) is 4.52. The quantitative estimate of drug-likeness (QED) is 0.123. The predicted molar refractivity (Wildman–Crippen MR) is 233 cm³/mol. The summed E-state index contributed by atoms with van der Waals surface area (Å²) in [7, 11) is 6.75. The topological polar surface area (TPSA) is 158 Å². The van der Waals surface area contributed by atoms with Gasteiger partial charge < -0.3 is 43.6 Å². The van der Waals surface area contributed by atoms with Gasteiger partial charge in [0, 0.05) is 105 Å². The molecule has 0 aliphatic carbocycles. The molecule has 60 heavy (non-hydrogen) atoms. The lowest BCUT2D eigenvalue weighted by Crippen LogP contribution is -2.50. The molecule has 1 unspecified atom stereocenters. The number of ether oxygens (including phenoxy) is 4. The summed E-state index contributed by atoms with van der Waals surface area (Å²) in [6, 6.07) is 13.5. The first-order valence-electron chi connectivity index (χ1n) is 20.6. The van der Waals surface area contributed by atoms with Crippen LogP contribution in [0.2, 0.25) is 0 Å². The summed E-state index contributed by atoms with van der Waals surface area (Å²) in [5.41, 5.74) is 4.55. The molecule has 15 nitrogen and oxygen atoms in total. The molecule has 2 aliphatic rings. The van der Waals surface area contributed by atoms with Crippen molar-refractivity contribution < 1.29 is 33.3 Å². The fourth-order valence-corrected chi connectivity index (χ4v) is 7.92. The van der Waals surface area contributed by atoms with Gasteiger partial charge in [-0.05, 0) is 54.4 Å². The predicted octanol–water partition coefficient (Wildman–Crippen LogP) is 4.30. The van der Waals surface area contributed by atoms with Crippen molar-refractivity contribution in [1.82, 2.24) is 24.7 Å². The summed E-state index contributed by atoms with van der Waals surface area (Å²) >= 11 is 0. The average molecular weight is 828 g/mol. The van der Waals surface area contributed by atoms with Crippen molar-refractivity contribution in [3.8, 4) is 22.6 Å². The Labute approximate surface area is 352 Å². The van der Waals surface area contributed by atoms with Crippen LogP contribution >= 0.6 is 0 Å². The van der Waals surface area contributed by atoms with Gasteiger partial charge in [0.2, 0.25) is 17.7 Å². The van der Waals surface area contributed by atoms with E-state index in [1.54, 1.807) is 25.8 Å². The lowest BCUT2D eigenvalue weighted by Gasteiger charge is -2.40. The molecule has 2 aromatic heterocycles. The van der Waals surface area contributed by atoms with E-state index < -0.39 is 6.04 Å². The van der Waals surface area contributed by atoms with Crippen LogP contribution in [-0.4, -0.2) is 111 Å². The number of imide groups is 1. The minimum Gasteiger partial charge on any atom is -0.496 e. The lowest BCUT2D eigenvalue weighted by atomic mass is 9.92. The van der Waals surface area contributed by atoms with Gasteiger partial charge in [-0.3, -0.25) is 29.4 Å². The number of fused-ring (bicyclic) bond motifs is 1. The number of benzene rings is 2. The molecule has 0 saturated carbocycles. The van der Waals surface area contributed by atoms with Crippen molar-refractivity contribution in [2.45, 2.75) is 53.2 Å². The van der Waals surface area contributed by atoms with E-state index in [9.17, 15) is 19.2 Å². The smallest absolute Gasteiger partial charge is 0.274 e. The zero-order valence-corrected chi connectivity index (χ0v) is 36.3. The van der Waals surface area contributed by atoms with Crippen molar-refractivity contribution in [1.29, 1.82) is 0 Å². The first-order valence-corrected chi connectivity index (χ1v) is 20.6. The molecule has 4 aromatic rings. The zero-order valence-electron chi connectivity index (χ0n) is 36.3. The second-order valence-electron chi connectivity index (χ2n) is 17.6. The molecule has 6 rings (SSSR count). The van der Waals surface area contributed by atoms with Crippen LogP contribution in [0.5, 0.6) is 11.5 Å². The van der Waals surface area contributed by atoms with Crippen LogP contribution in [-0.2, 0) is 44.6 Å². The summed E-state index contributed by atoms with van der Waals surface area (Å²) in [4.78, 5) is 54.1. The van der Waals surface area contributed by atoms with Crippen LogP contribution in [0.1, 0.15) is 46.1 Å². The second-order valence-corrected chi connectivity index (χ2v) is 17.6. The number of piperazine rings is 1. The number of piperidine rings is 1. The number of carbonyl (C=O) groups is 3. The Morgan fingerprint density at radius 3 is 2.18 bits per heavy atom. The van der Waals surface area contributed by atoms with Crippen LogP contribution in [0, 0.1) is 10.8 Å². The van der Waals surface area contributed by atoms with E-state index in [1.807, 2.05) is 54.3 Å². The van der Waals surface area contributed by atoms with E-state index in [-0.39, 0.29) is 47.3 Å². The summed E-state index contributed by atoms with van der Waals surface area (Å²) in [6.45, 7) is 14.7. The Morgan fingerprint density at radius 2 is 1.53 bits per heavy atom. The molecule has 2 fully saturated rings. The molecule has 3 N–H and O–H groups in total. The highest BCUT2D eigenvalue weighted by molar-refractivity contribution is 6.01. The molecule has 0 spiro atoms. The number of nitrogens with zero attached hydrogens (tertiary/aromatic N) is 4. The van der Waals surface area contributed by atoms with Gasteiger partial charge in [0.15, 0.2) is 0 Å². The number of aromatic nitrogens is 2. The lowest BCUT2D eigenvalue weighted by molar-refractivity contribution is -0.133. The number of amides is 3. The monoisotopic (exact) mass is 827 g/mol. The molecule has 0 bridgehead atoms. The number of pyridine rings is 1. The van der Waals surface area contributed by atoms with Gasteiger partial charge in [-0.2, -0.15) is 0 Å². The highest BCUT2D eigenvalue weighted by atomic mass is 16.5. The number of aryl methyl sites for hydroxylation is 2. The van der Waals surface area contributed by atoms with E-state index in [1.165, 1.54) is 0 Å². The number of carbonyl (C=O) groups excluding carboxylic acids is 3. The fraction of sp³-hybridized carbons (Fsp3) is 0.511. The number of hydrogen-bond acceptors (Lipinski definition) is 11. The van der Waals surface area contributed by atoms with Crippen molar-refractivity contribution in [2.75, 3.05) is 83.5 Å². The van der Waals surface area contributed by atoms with E-state index in [0.717, 1.165) is 60.6 Å². The van der Waals surface area contributed by atoms with Gasteiger partial charge >= 0.3 is 0 Å². The van der Waals surface area contributed by atoms with Crippen LogP contribution in [0.4, 0.5) is 11.4 Å². The number of hydrogen-bond donors (Lipinski definition) is 3. The Kier molecular flexibility index (Phi) is 13.9. The Hall–Kier alpha value is -5.38. The Morgan fingerprint density at radius 1 is 0.867 bits per heavy atom. The Bertz CT molecular complexity index is 2200. The van der Waals surface area contributed by atoms with Crippen molar-refractivity contribution in [3.63, 3.8) is 0 Å². The third-order valence-corrected chi connectivity index (χ3v) is 11.2. The van der Waals surface area contributed by atoms with Gasteiger partial charge in [-0.15, -0.1) is 0 Å². The number of rotatable bonds is 18. The van der Waals surface area contributed by atoms with Gasteiger partial charge in [-0.25, -0.2) is 0 Å². The highest BCUT2D eigenvalue weighted by Gasteiger charge is 2.29. The molecule has 2 aliphatic heterocycles. The van der Waals surface area contributed by atoms with Gasteiger partial charge in [0.05, 0.1) is 39.6 Å². The van der Waals surface area contributed by atoms with E-state index >= 15 is 0 Å².